The average Bonchev–Trinajstić information content (AvgIpc) is 2.41. The number of nitrogens with two attached hydrogens (primary N) is 1. The van der Waals surface area contributed by atoms with E-state index in [1.54, 1.807) is 43.3 Å². The largest absolute Gasteiger partial charge is 0.395 e. The summed E-state index contributed by atoms with van der Waals surface area (Å²) in [6.07, 6.45) is 0. The number of para-hydroxylation sites is 3. The molecule has 3 N–H and O–H groups in total. The van der Waals surface area contributed by atoms with Crippen LogP contribution in [0.1, 0.15) is 0 Å². The zero-order chi connectivity index (χ0) is 15.6. The Hall–Kier alpha value is -2.28. The lowest BCUT2D eigenvalue weighted by Crippen LogP contribution is -2.18. The molecule has 7 heteroatoms. The van der Waals surface area contributed by atoms with Crippen LogP contribution in [-0.2, 0) is 10.0 Å². The Morgan fingerprint density at radius 2 is 1.76 bits per heavy atom. The standard InChI is InChI=1S/C14H16FN3O2S/c1-18(2)12-8-4-3-7-11(12)17-21(19,20)13-9-5-6-10(15)14(13)16/h3-9,17H,16H2,1-2H3. The van der Waals surface area contributed by atoms with E-state index < -0.39 is 21.5 Å². The minimum absolute atomic E-state index is 0.281. The molecule has 0 unspecified atom stereocenters. The molecule has 5 nitrogen and oxygen atoms in total. The van der Waals surface area contributed by atoms with Crippen molar-refractivity contribution in [3.05, 3.63) is 48.3 Å². The molecule has 0 amide bonds. The monoisotopic (exact) mass is 309 g/mol. The zero-order valence-electron chi connectivity index (χ0n) is 11.7. The van der Waals surface area contributed by atoms with E-state index in [2.05, 4.69) is 4.72 Å². The second-order valence-electron chi connectivity index (χ2n) is 4.67. The predicted molar refractivity (Wildman–Crippen MR) is 82.4 cm³/mol. The minimum atomic E-state index is -3.96. The van der Waals surface area contributed by atoms with Crippen LogP contribution in [-0.4, -0.2) is 22.5 Å². The lowest BCUT2D eigenvalue weighted by molar-refractivity contribution is 0.597. The van der Waals surface area contributed by atoms with E-state index in [1.165, 1.54) is 12.1 Å². The Bertz CT molecular complexity index is 761. The lowest BCUT2D eigenvalue weighted by Gasteiger charge is -2.18. The number of hydrogen-bond acceptors (Lipinski definition) is 4. The summed E-state index contributed by atoms with van der Waals surface area (Å²) in [5.74, 6) is -0.765. The molecule has 2 rings (SSSR count). The third-order valence-electron chi connectivity index (χ3n) is 2.93. The number of rotatable bonds is 4. The van der Waals surface area contributed by atoms with Crippen molar-refractivity contribution in [3.8, 4) is 0 Å². The molecule has 2 aromatic rings. The lowest BCUT2D eigenvalue weighted by atomic mass is 10.2. The van der Waals surface area contributed by atoms with Crippen LogP contribution in [0.3, 0.4) is 0 Å². The summed E-state index contributed by atoms with van der Waals surface area (Å²) in [7, 11) is -0.374. The van der Waals surface area contributed by atoms with Gasteiger partial charge in [0.25, 0.3) is 10.0 Å². The summed E-state index contributed by atoms with van der Waals surface area (Å²) in [5, 5.41) is 0. The van der Waals surface area contributed by atoms with Gasteiger partial charge in [-0.25, -0.2) is 12.8 Å². The van der Waals surface area contributed by atoms with Crippen molar-refractivity contribution in [2.45, 2.75) is 4.90 Å². The van der Waals surface area contributed by atoms with Crippen LogP contribution >= 0.6 is 0 Å². The van der Waals surface area contributed by atoms with Crippen LogP contribution in [0, 0.1) is 5.82 Å². The minimum Gasteiger partial charge on any atom is -0.395 e. The molecule has 0 aliphatic carbocycles. The maximum Gasteiger partial charge on any atom is 0.264 e. The van der Waals surface area contributed by atoms with Crippen LogP contribution in [0.5, 0.6) is 0 Å². The molecule has 0 spiro atoms. The van der Waals surface area contributed by atoms with Crippen molar-refractivity contribution in [2.24, 2.45) is 0 Å². The molecule has 0 saturated carbocycles. The van der Waals surface area contributed by atoms with Gasteiger partial charge in [-0.2, -0.15) is 0 Å². The van der Waals surface area contributed by atoms with Gasteiger partial charge in [0.05, 0.1) is 17.1 Å². The molecule has 0 fully saturated rings. The third kappa shape index (κ3) is 3.08. The fourth-order valence-electron chi connectivity index (χ4n) is 1.90. The summed E-state index contributed by atoms with van der Waals surface area (Å²) in [6, 6.07) is 10.6. The molecule has 0 aliphatic heterocycles. The van der Waals surface area contributed by atoms with Gasteiger partial charge in [-0.1, -0.05) is 18.2 Å². The van der Waals surface area contributed by atoms with Gasteiger partial charge in [-0.05, 0) is 24.3 Å². The highest BCUT2D eigenvalue weighted by atomic mass is 32.2. The maximum atomic E-state index is 13.4. The SMILES string of the molecule is CN(C)c1ccccc1NS(=O)(=O)c1cccc(F)c1N. The van der Waals surface area contributed by atoms with Crippen LogP contribution < -0.4 is 15.4 Å². The predicted octanol–water partition coefficient (Wildman–Crippen LogP) is 2.27. The van der Waals surface area contributed by atoms with Crippen LogP contribution in [0.15, 0.2) is 47.4 Å². The first-order valence-corrected chi connectivity index (χ1v) is 7.64. The summed E-state index contributed by atoms with van der Waals surface area (Å²) >= 11 is 0. The van der Waals surface area contributed by atoms with Crippen molar-refractivity contribution in [2.75, 3.05) is 29.5 Å². The number of hydrogen-bond donors (Lipinski definition) is 2. The molecule has 21 heavy (non-hydrogen) atoms. The topological polar surface area (TPSA) is 75.4 Å². The first kappa shape index (κ1) is 15.1. The summed E-state index contributed by atoms with van der Waals surface area (Å²) in [6.45, 7) is 0. The highest BCUT2D eigenvalue weighted by molar-refractivity contribution is 7.92. The average molecular weight is 309 g/mol. The number of benzene rings is 2. The van der Waals surface area contributed by atoms with Gasteiger partial charge in [0.1, 0.15) is 10.7 Å². The Kier molecular flexibility index (Phi) is 4.04. The summed E-state index contributed by atoms with van der Waals surface area (Å²) in [5.41, 5.74) is 6.21. The van der Waals surface area contributed by atoms with E-state index in [1.807, 2.05) is 0 Å². The van der Waals surface area contributed by atoms with Gasteiger partial charge in [0.15, 0.2) is 0 Å². The molecule has 0 atom stereocenters. The summed E-state index contributed by atoms with van der Waals surface area (Å²) in [4.78, 5) is 1.49. The van der Waals surface area contributed by atoms with Gasteiger partial charge >= 0.3 is 0 Å². The molecule has 0 aromatic heterocycles. The van der Waals surface area contributed by atoms with Crippen molar-refractivity contribution < 1.29 is 12.8 Å². The summed E-state index contributed by atoms with van der Waals surface area (Å²) < 4.78 is 40.6. The fraction of sp³-hybridized carbons (Fsp3) is 0.143. The molecular formula is C14H16FN3O2S. The first-order valence-electron chi connectivity index (χ1n) is 6.16. The van der Waals surface area contributed by atoms with Crippen LogP contribution in [0.4, 0.5) is 21.5 Å². The zero-order valence-corrected chi connectivity index (χ0v) is 12.5. The van der Waals surface area contributed by atoms with Gasteiger partial charge in [0.2, 0.25) is 0 Å². The number of nitrogens with one attached hydrogen (secondary N) is 1. The van der Waals surface area contributed by atoms with E-state index in [4.69, 9.17) is 5.73 Å². The van der Waals surface area contributed by atoms with Gasteiger partial charge in [0, 0.05) is 14.1 Å². The van der Waals surface area contributed by atoms with Crippen molar-refractivity contribution in [3.63, 3.8) is 0 Å². The van der Waals surface area contributed by atoms with Crippen LogP contribution in [0.25, 0.3) is 0 Å². The Labute approximate surface area is 123 Å². The number of sulfonamides is 1. The Balaban J connectivity index is 2.46. The number of nitrogen functional groups attached to an aromatic ring is 1. The van der Waals surface area contributed by atoms with Gasteiger partial charge < -0.3 is 10.6 Å². The molecule has 0 heterocycles. The van der Waals surface area contributed by atoms with Gasteiger partial charge in [-0.3, -0.25) is 4.72 Å². The van der Waals surface area contributed by atoms with E-state index in [9.17, 15) is 12.8 Å². The van der Waals surface area contributed by atoms with E-state index in [-0.39, 0.29) is 4.90 Å². The highest BCUT2D eigenvalue weighted by Crippen LogP contribution is 2.28. The van der Waals surface area contributed by atoms with Crippen LogP contribution in [0.2, 0.25) is 0 Å². The van der Waals surface area contributed by atoms with Crippen molar-refractivity contribution in [1.82, 2.24) is 0 Å². The molecule has 2 aromatic carbocycles. The molecule has 0 radical (unpaired) electrons. The molecule has 0 saturated heterocycles. The van der Waals surface area contributed by atoms with E-state index >= 15 is 0 Å². The van der Waals surface area contributed by atoms with Gasteiger partial charge in [-0.15, -0.1) is 0 Å². The quantitative estimate of drug-likeness (QED) is 0.850. The Morgan fingerprint density at radius 1 is 1.10 bits per heavy atom. The molecule has 0 bridgehead atoms. The second-order valence-corrected chi connectivity index (χ2v) is 6.32. The smallest absolute Gasteiger partial charge is 0.264 e. The number of anilines is 3. The van der Waals surface area contributed by atoms with E-state index in [0.29, 0.717) is 11.4 Å². The second kappa shape index (κ2) is 5.61. The normalized spacial score (nSPS) is 11.2. The maximum absolute atomic E-state index is 13.4. The van der Waals surface area contributed by atoms with Crippen molar-refractivity contribution in [1.29, 1.82) is 0 Å². The highest BCUT2D eigenvalue weighted by Gasteiger charge is 2.20. The number of nitrogens with zero attached hydrogens (tertiary/aromatic N) is 1. The third-order valence-corrected chi connectivity index (χ3v) is 4.36. The number of halogens is 1. The van der Waals surface area contributed by atoms with Crippen molar-refractivity contribution >= 4 is 27.1 Å². The Morgan fingerprint density at radius 3 is 2.43 bits per heavy atom. The molecular weight excluding hydrogens is 293 g/mol. The first-order chi connectivity index (χ1) is 9.83. The molecule has 112 valence electrons. The van der Waals surface area contributed by atoms with E-state index in [0.717, 1.165) is 6.07 Å². The molecule has 0 aliphatic rings. The fourth-order valence-corrected chi connectivity index (χ4v) is 3.12.